The maximum absolute atomic E-state index is 12.0. The van der Waals surface area contributed by atoms with Crippen LogP contribution in [0.1, 0.15) is 26.2 Å². The van der Waals surface area contributed by atoms with Gasteiger partial charge < -0.3 is 0 Å². The second-order valence-electron chi connectivity index (χ2n) is 4.56. The molecular weight excluding hydrogens is 254 g/mol. The van der Waals surface area contributed by atoms with Crippen LogP contribution in [0.3, 0.4) is 0 Å². The first-order valence-electron chi connectivity index (χ1n) is 5.80. The van der Waals surface area contributed by atoms with Crippen LogP contribution in [0.15, 0.2) is 17.3 Å². The predicted octanol–water partition coefficient (Wildman–Crippen LogP) is 0.231. The van der Waals surface area contributed by atoms with Crippen molar-refractivity contribution in [3.8, 4) is 0 Å². The molecule has 1 fully saturated rings. The van der Waals surface area contributed by atoms with Gasteiger partial charge in [0.15, 0.2) is 0 Å². The molecule has 1 aliphatic carbocycles. The summed E-state index contributed by atoms with van der Waals surface area (Å²) in [7, 11) is -3.53. The monoisotopic (exact) mass is 271 g/mol. The van der Waals surface area contributed by atoms with Gasteiger partial charge in [0, 0.05) is 6.54 Å². The van der Waals surface area contributed by atoms with Crippen molar-refractivity contribution in [1.29, 1.82) is 0 Å². The largest absolute Gasteiger partial charge is 0.292 e. The highest BCUT2D eigenvalue weighted by Crippen LogP contribution is 2.48. The van der Waals surface area contributed by atoms with E-state index >= 15 is 0 Å². The minimum Gasteiger partial charge on any atom is -0.292 e. The topological polar surface area (TPSA) is 110 Å². The molecule has 0 amide bonds. The van der Waals surface area contributed by atoms with Gasteiger partial charge in [0.25, 0.3) is 0 Å². The summed E-state index contributed by atoms with van der Waals surface area (Å²) in [6.45, 7) is 2.55. The van der Waals surface area contributed by atoms with E-state index in [1.54, 1.807) is 0 Å². The van der Waals surface area contributed by atoms with Gasteiger partial charge in [-0.3, -0.25) is 5.43 Å². The van der Waals surface area contributed by atoms with Crippen LogP contribution in [0.25, 0.3) is 0 Å². The molecule has 0 aliphatic heterocycles. The normalized spacial score (nSPS) is 17.4. The molecule has 0 unspecified atom stereocenters. The lowest BCUT2D eigenvalue weighted by Gasteiger charge is -2.13. The second-order valence-corrected chi connectivity index (χ2v) is 6.33. The smallest absolute Gasteiger partial charge is 0.243 e. The quantitative estimate of drug-likeness (QED) is 0.504. The van der Waals surface area contributed by atoms with Crippen molar-refractivity contribution in [1.82, 2.24) is 14.7 Å². The van der Waals surface area contributed by atoms with Gasteiger partial charge in [-0.25, -0.2) is 29.0 Å². The molecule has 0 spiro atoms. The summed E-state index contributed by atoms with van der Waals surface area (Å²) in [4.78, 5) is 7.60. The summed E-state index contributed by atoms with van der Waals surface area (Å²) in [5.74, 6) is 5.29. The SMILES string of the molecule is CCC1(CNS(=O)(=O)c2cnc(NN)nc2)CC1. The Kier molecular flexibility index (Phi) is 3.51. The molecule has 0 bridgehead atoms. The first-order chi connectivity index (χ1) is 8.51. The average molecular weight is 271 g/mol. The van der Waals surface area contributed by atoms with Crippen LogP contribution in [0.4, 0.5) is 5.95 Å². The van der Waals surface area contributed by atoms with Crippen LogP contribution in [0.5, 0.6) is 0 Å². The standard InChI is InChI=1S/C10H17N5O2S/c1-2-10(3-4-10)7-14-18(16,17)8-5-12-9(15-11)13-6-8/h5-6,14H,2-4,7,11H2,1H3,(H,12,13,15). The molecule has 4 N–H and O–H groups in total. The molecule has 1 aromatic heterocycles. The molecule has 2 rings (SSSR count). The highest BCUT2D eigenvalue weighted by atomic mass is 32.2. The number of nitrogen functional groups attached to an aromatic ring is 1. The minimum atomic E-state index is -3.53. The molecule has 0 aromatic carbocycles. The van der Waals surface area contributed by atoms with Crippen molar-refractivity contribution in [2.24, 2.45) is 11.3 Å². The highest BCUT2D eigenvalue weighted by Gasteiger charge is 2.41. The number of anilines is 1. The van der Waals surface area contributed by atoms with Crippen molar-refractivity contribution in [3.63, 3.8) is 0 Å². The molecule has 18 heavy (non-hydrogen) atoms. The third kappa shape index (κ3) is 2.77. The maximum Gasteiger partial charge on any atom is 0.243 e. The van der Waals surface area contributed by atoms with E-state index in [0.29, 0.717) is 6.54 Å². The van der Waals surface area contributed by atoms with Gasteiger partial charge in [0.1, 0.15) is 4.90 Å². The van der Waals surface area contributed by atoms with E-state index in [2.05, 4.69) is 27.0 Å². The predicted molar refractivity (Wildman–Crippen MR) is 67.0 cm³/mol. The zero-order valence-corrected chi connectivity index (χ0v) is 11.0. The zero-order valence-electron chi connectivity index (χ0n) is 10.2. The number of hydrazine groups is 1. The molecule has 1 heterocycles. The Hall–Kier alpha value is -1.25. The van der Waals surface area contributed by atoms with Crippen LogP contribution >= 0.6 is 0 Å². The third-order valence-electron chi connectivity index (χ3n) is 3.41. The number of sulfonamides is 1. The lowest BCUT2D eigenvalue weighted by atomic mass is 10.1. The molecular formula is C10H17N5O2S. The van der Waals surface area contributed by atoms with Crippen molar-refractivity contribution in [2.75, 3.05) is 12.0 Å². The number of nitrogens with zero attached hydrogens (tertiary/aromatic N) is 2. The first-order valence-corrected chi connectivity index (χ1v) is 7.28. The molecule has 8 heteroatoms. The molecule has 7 nitrogen and oxygen atoms in total. The molecule has 1 aliphatic rings. The van der Waals surface area contributed by atoms with Crippen LogP contribution in [-0.2, 0) is 10.0 Å². The van der Waals surface area contributed by atoms with E-state index in [4.69, 9.17) is 5.84 Å². The number of nitrogens with one attached hydrogen (secondary N) is 2. The lowest BCUT2D eigenvalue weighted by molar-refractivity contribution is 0.475. The summed E-state index contributed by atoms with van der Waals surface area (Å²) in [5, 5.41) is 0. The van der Waals surface area contributed by atoms with E-state index in [1.807, 2.05) is 0 Å². The summed E-state index contributed by atoms with van der Waals surface area (Å²) in [5.41, 5.74) is 2.40. The Morgan fingerprint density at radius 2 is 2.00 bits per heavy atom. The van der Waals surface area contributed by atoms with Gasteiger partial charge in [0.05, 0.1) is 12.4 Å². The van der Waals surface area contributed by atoms with E-state index in [9.17, 15) is 8.42 Å². The Morgan fingerprint density at radius 1 is 1.39 bits per heavy atom. The van der Waals surface area contributed by atoms with Crippen LogP contribution in [-0.4, -0.2) is 24.9 Å². The molecule has 0 saturated heterocycles. The lowest BCUT2D eigenvalue weighted by Crippen LogP contribution is -2.30. The third-order valence-corrected chi connectivity index (χ3v) is 4.77. The Labute approximate surface area is 106 Å². The summed E-state index contributed by atoms with van der Waals surface area (Å²) in [6, 6.07) is 0. The van der Waals surface area contributed by atoms with E-state index in [1.165, 1.54) is 12.4 Å². The molecule has 1 aromatic rings. The Morgan fingerprint density at radius 3 is 2.44 bits per heavy atom. The molecule has 0 atom stereocenters. The summed E-state index contributed by atoms with van der Waals surface area (Å²) in [6.07, 6.45) is 5.62. The number of aromatic nitrogens is 2. The van der Waals surface area contributed by atoms with Crippen molar-refractivity contribution >= 4 is 16.0 Å². The fourth-order valence-electron chi connectivity index (χ4n) is 1.69. The van der Waals surface area contributed by atoms with Crippen molar-refractivity contribution in [3.05, 3.63) is 12.4 Å². The molecule has 1 saturated carbocycles. The number of nitrogens with two attached hydrogens (primary N) is 1. The zero-order chi connectivity index (χ0) is 13.2. The van der Waals surface area contributed by atoms with E-state index < -0.39 is 10.0 Å². The maximum atomic E-state index is 12.0. The molecule has 0 radical (unpaired) electrons. The fraction of sp³-hybridized carbons (Fsp3) is 0.600. The Balaban J connectivity index is 2.05. The second kappa shape index (κ2) is 4.79. The van der Waals surface area contributed by atoms with Crippen LogP contribution in [0, 0.1) is 5.41 Å². The first kappa shape index (κ1) is 13.2. The number of hydrogen-bond acceptors (Lipinski definition) is 6. The van der Waals surface area contributed by atoms with Gasteiger partial charge in [-0.05, 0) is 24.7 Å². The summed E-state index contributed by atoms with van der Waals surface area (Å²) < 4.78 is 26.6. The minimum absolute atomic E-state index is 0.0494. The van der Waals surface area contributed by atoms with Crippen molar-refractivity contribution in [2.45, 2.75) is 31.1 Å². The average Bonchev–Trinajstić information content (AvgIpc) is 3.17. The van der Waals surface area contributed by atoms with Gasteiger partial charge >= 0.3 is 0 Å². The highest BCUT2D eigenvalue weighted by molar-refractivity contribution is 7.89. The van der Waals surface area contributed by atoms with Gasteiger partial charge in [0.2, 0.25) is 16.0 Å². The Bertz CT molecular complexity index is 510. The van der Waals surface area contributed by atoms with Gasteiger partial charge in [-0.1, -0.05) is 6.92 Å². The van der Waals surface area contributed by atoms with Crippen LogP contribution < -0.4 is 16.0 Å². The van der Waals surface area contributed by atoms with E-state index in [-0.39, 0.29) is 16.3 Å². The summed E-state index contributed by atoms with van der Waals surface area (Å²) >= 11 is 0. The van der Waals surface area contributed by atoms with Crippen LogP contribution in [0.2, 0.25) is 0 Å². The van der Waals surface area contributed by atoms with E-state index in [0.717, 1.165) is 19.3 Å². The van der Waals surface area contributed by atoms with Gasteiger partial charge in [-0.15, -0.1) is 0 Å². The van der Waals surface area contributed by atoms with Gasteiger partial charge in [-0.2, -0.15) is 0 Å². The number of hydrogen-bond donors (Lipinski definition) is 3. The van der Waals surface area contributed by atoms with Crippen molar-refractivity contribution < 1.29 is 8.42 Å². The number of rotatable bonds is 6. The molecule has 100 valence electrons. The fourth-order valence-corrected chi connectivity index (χ4v) is 2.74.